The smallest absolute Gasteiger partial charge is 0.323 e. The fourth-order valence-electron chi connectivity index (χ4n) is 3.20. The molecule has 3 rings (SSSR count). The maximum absolute atomic E-state index is 12.9. The van der Waals surface area contributed by atoms with E-state index in [1.54, 1.807) is 18.2 Å². The van der Waals surface area contributed by atoms with Crippen LogP contribution in [0, 0.1) is 13.8 Å². The molecule has 2 aromatic rings. The average Bonchev–Trinajstić information content (AvgIpc) is 2.95. The minimum Gasteiger partial charge on any atom is -0.480 e. The molecule has 4 heteroatoms. The topological polar surface area (TPSA) is 59.3 Å². The highest BCUT2D eigenvalue weighted by molar-refractivity contribution is 6.17. The molecule has 21 heavy (non-hydrogen) atoms. The molecule has 0 saturated heterocycles. The first-order valence-electron chi connectivity index (χ1n) is 6.97. The van der Waals surface area contributed by atoms with E-state index in [9.17, 15) is 14.7 Å². The number of Topliss-reactive ketones (excluding diaryl/α,β-unsaturated/α-hetero) is 1. The second kappa shape index (κ2) is 4.58. The highest BCUT2D eigenvalue weighted by Crippen LogP contribution is 2.39. The minimum atomic E-state index is -1.46. The van der Waals surface area contributed by atoms with E-state index in [0.717, 1.165) is 11.1 Å². The van der Waals surface area contributed by atoms with Crippen molar-refractivity contribution in [3.63, 3.8) is 0 Å². The van der Waals surface area contributed by atoms with E-state index >= 15 is 0 Å². The Labute approximate surface area is 123 Å². The van der Waals surface area contributed by atoms with Crippen LogP contribution in [-0.2, 0) is 16.8 Å². The number of carboxylic acid groups (broad SMARTS) is 1. The van der Waals surface area contributed by atoms with Crippen LogP contribution < -0.4 is 0 Å². The molecule has 4 nitrogen and oxygen atoms in total. The summed E-state index contributed by atoms with van der Waals surface area (Å²) in [6, 6.07) is 8.95. The zero-order valence-electron chi connectivity index (χ0n) is 12.1. The highest BCUT2D eigenvalue weighted by atomic mass is 16.4. The maximum atomic E-state index is 12.9. The number of hydrogen-bond acceptors (Lipinski definition) is 2. The second-order valence-corrected chi connectivity index (χ2v) is 5.76. The number of carbonyl (C=O) groups excluding carboxylic acids is 1. The van der Waals surface area contributed by atoms with Crippen LogP contribution in [0.4, 0.5) is 0 Å². The third-order valence-electron chi connectivity index (χ3n) is 4.23. The molecule has 0 aliphatic carbocycles. The Morgan fingerprint density at radius 1 is 1.19 bits per heavy atom. The number of carbonyl (C=O) groups is 2. The molecule has 108 valence electrons. The molecule has 0 radical (unpaired) electrons. The molecule has 0 amide bonds. The lowest BCUT2D eigenvalue weighted by atomic mass is 9.76. The first kappa shape index (κ1) is 13.6. The van der Waals surface area contributed by atoms with Crippen LogP contribution in [0.2, 0.25) is 0 Å². The summed E-state index contributed by atoms with van der Waals surface area (Å²) in [5, 5.41) is 9.79. The molecule has 0 fully saturated rings. The van der Waals surface area contributed by atoms with Gasteiger partial charge in [-0.2, -0.15) is 0 Å². The monoisotopic (exact) mass is 283 g/mol. The van der Waals surface area contributed by atoms with Gasteiger partial charge in [-0.25, -0.2) is 0 Å². The Balaban J connectivity index is 2.16. The molecule has 1 unspecified atom stereocenters. The Bertz CT molecular complexity index is 744. The summed E-state index contributed by atoms with van der Waals surface area (Å²) in [7, 11) is 0. The zero-order valence-corrected chi connectivity index (χ0v) is 12.1. The Morgan fingerprint density at radius 3 is 2.62 bits per heavy atom. The van der Waals surface area contributed by atoms with E-state index in [1.807, 2.05) is 36.7 Å². The van der Waals surface area contributed by atoms with Gasteiger partial charge in [-0.1, -0.05) is 23.8 Å². The van der Waals surface area contributed by atoms with Crippen LogP contribution in [0.3, 0.4) is 0 Å². The van der Waals surface area contributed by atoms with Crippen molar-refractivity contribution in [3.05, 3.63) is 58.9 Å². The van der Waals surface area contributed by atoms with Crippen LogP contribution in [0.25, 0.3) is 0 Å². The summed E-state index contributed by atoms with van der Waals surface area (Å²) < 4.78 is 1.89. The standard InChI is InChI=1S/C17H17NO3/c1-11-4-3-5-13(8-11)15(19)17(16(20)21)6-7-18-10-12(2)9-14(17)18/h3-5,8-10H,6-7H2,1-2H3,(H,20,21). The lowest BCUT2D eigenvalue weighted by Crippen LogP contribution is -2.42. The SMILES string of the molecule is Cc1cccc(C(=O)C2(C(=O)O)CCn3cc(C)cc32)c1. The molecular weight excluding hydrogens is 266 g/mol. The summed E-state index contributed by atoms with van der Waals surface area (Å²) in [4.78, 5) is 24.9. The van der Waals surface area contributed by atoms with Gasteiger partial charge in [0.1, 0.15) is 0 Å². The fraction of sp³-hybridized carbons (Fsp3) is 0.294. The number of hydrogen-bond donors (Lipinski definition) is 1. The van der Waals surface area contributed by atoms with Gasteiger partial charge < -0.3 is 9.67 Å². The number of carboxylic acids is 1. The van der Waals surface area contributed by atoms with Crippen molar-refractivity contribution in [3.8, 4) is 0 Å². The lowest BCUT2D eigenvalue weighted by Gasteiger charge is -2.22. The van der Waals surface area contributed by atoms with Gasteiger partial charge in [-0.15, -0.1) is 0 Å². The quantitative estimate of drug-likeness (QED) is 0.696. The van der Waals surface area contributed by atoms with E-state index in [4.69, 9.17) is 0 Å². The van der Waals surface area contributed by atoms with Gasteiger partial charge in [0.25, 0.3) is 0 Å². The van der Waals surface area contributed by atoms with Crippen LogP contribution in [0.1, 0.15) is 33.6 Å². The van der Waals surface area contributed by atoms with Gasteiger partial charge in [0.15, 0.2) is 11.2 Å². The van der Waals surface area contributed by atoms with Gasteiger partial charge in [0, 0.05) is 24.0 Å². The summed E-state index contributed by atoms with van der Waals surface area (Å²) in [6.45, 7) is 4.37. The molecular formula is C17H17NO3. The number of fused-ring (bicyclic) bond motifs is 1. The van der Waals surface area contributed by atoms with Gasteiger partial charge in [0.05, 0.1) is 0 Å². The number of benzene rings is 1. The predicted octanol–water partition coefficient (Wildman–Crippen LogP) is 2.71. The van der Waals surface area contributed by atoms with Crippen molar-refractivity contribution in [2.45, 2.75) is 32.2 Å². The molecule has 1 atom stereocenters. The maximum Gasteiger partial charge on any atom is 0.323 e. The van der Waals surface area contributed by atoms with Crippen LogP contribution in [0.5, 0.6) is 0 Å². The van der Waals surface area contributed by atoms with Crippen LogP contribution >= 0.6 is 0 Å². The first-order valence-corrected chi connectivity index (χ1v) is 6.97. The molecule has 1 aliphatic heterocycles. The third-order valence-corrected chi connectivity index (χ3v) is 4.23. The zero-order chi connectivity index (χ0) is 15.2. The minimum absolute atomic E-state index is 0.310. The highest BCUT2D eigenvalue weighted by Gasteiger charge is 2.52. The molecule has 0 saturated carbocycles. The van der Waals surface area contributed by atoms with Gasteiger partial charge in [-0.05, 0) is 38.0 Å². The van der Waals surface area contributed by atoms with E-state index < -0.39 is 11.4 Å². The Morgan fingerprint density at radius 2 is 1.95 bits per heavy atom. The molecule has 0 bridgehead atoms. The molecule has 0 spiro atoms. The molecule has 1 aromatic carbocycles. The van der Waals surface area contributed by atoms with Gasteiger partial charge in [-0.3, -0.25) is 9.59 Å². The number of aryl methyl sites for hydroxylation is 3. The van der Waals surface area contributed by atoms with E-state index in [2.05, 4.69) is 0 Å². The number of aliphatic carboxylic acids is 1. The molecule has 1 aliphatic rings. The number of nitrogens with zero attached hydrogens (tertiary/aromatic N) is 1. The van der Waals surface area contributed by atoms with Crippen molar-refractivity contribution >= 4 is 11.8 Å². The number of rotatable bonds is 3. The van der Waals surface area contributed by atoms with Crippen molar-refractivity contribution in [2.75, 3.05) is 0 Å². The second-order valence-electron chi connectivity index (χ2n) is 5.76. The van der Waals surface area contributed by atoms with Crippen molar-refractivity contribution in [1.29, 1.82) is 0 Å². The van der Waals surface area contributed by atoms with Crippen molar-refractivity contribution in [1.82, 2.24) is 4.57 Å². The van der Waals surface area contributed by atoms with E-state index in [-0.39, 0.29) is 5.78 Å². The molecule has 1 N–H and O–H groups in total. The Kier molecular flexibility index (Phi) is 2.97. The van der Waals surface area contributed by atoms with Crippen LogP contribution in [-0.4, -0.2) is 21.4 Å². The van der Waals surface area contributed by atoms with Crippen LogP contribution in [0.15, 0.2) is 36.5 Å². The molecule has 1 aromatic heterocycles. The summed E-state index contributed by atoms with van der Waals surface area (Å²) in [6.07, 6.45) is 2.22. The Hall–Kier alpha value is -2.36. The van der Waals surface area contributed by atoms with Crippen molar-refractivity contribution < 1.29 is 14.7 Å². The van der Waals surface area contributed by atoms with Gasteiger partial charge >= 0.3 is 5.97 Å². The predicted molar refractivity (Wildman–Crippen MR) is 78.6 cm³/mol. The normalized spacial score (nSPS) is 20.3. The summed E-state index contributed by atoms with van der Waals surface area (Å²) in [5.41, 5.74) is 1.53. The molecule has 2 heterocycles. The fourth-order valence-corrected chi connectivity index (χ4v) is 3.20. The lowest BCUT2D eigenvalue weighted by molar-refractivity contribution is -0.141. The first-order chi connectivity index (χ1) is 9.95. The van der Waals surface area contributed by atoms with E-state index in [0.29, 0.717) is 24.2 Å². The number of ketones is 1. The third kappa shape index (κ3) is 1.90. The van der Waals surface area contributed by atoms with Gasteiger partial charge in [0.2, 0.25) is 0 Å². The largest absolute Gasteiger partial charge is 0.480 e. The van der Waals surface area contributed by atoms with E-state index in [1.165, 1.54) is 0 Å². The van der Waals surface area contributed by atoms with Crippen molar-refractivity contribution in [2.24, 2.45) is 0 Å². The summed E-state index contributed by atoms with van der Waals surface area (Å²) in [5.74, 6) is -1.39. The average molecular weight is 283 g/mol. The number of aromatic nitrogens is 1. The summed E-state index contributed by atoms with van der Waals surface area (Å²) >= 11 is 0.